The van der Waals surface area contributed by atoms with Crippen LogP contribution < -0.4 is 0 Å². The number of benzene rings is 1. The van der Waals surface area contributed by atoms with Crippen molar-refractivity contribution in [3.05, 3.63) is 34.3 Å². The molecule has 0 bridgehead atoms. The van der Waals surface area contributed by atoms with Gasteiger partial charge in [0.2, 0.25) is 0 Å². The average molecular weight is 322 g/mol. The summed E-state index contributed by atoms with van der Waals surface area (Å²) >= 11 is 3.38. The molecule has 19 heavy (non-hydrogen) atoms. The summed E-state index contributed by atoms with van der Waals surface area (Å²) in [4.78, 5) is 16.4. The van der Waals surface area contributed by atoms with Crippen molar-refractivity contribution in [3.63, 3.8) is 0 Å². The third-order valence-electron chi connectivity index (χ3n) is 3.27. The van der Waals surface area contributed by atoms with Gasteiger partial charge in [-0.3, -0.25) is 9.69 Å². The SMILES string of the molecule is N#CCCN1CCN(C(=O)c2cccc(Br)c2)CC1. The lowest BCUT2D eigenvalue weighted by atomic mass is 10.2. The molecule has 0 aliphatic carbocycles. The standard InChI is InChI=1S/C14H16BrN3O/c15-13-4-1-3-12(11-13)14(19)18-9-7-17(8-10-18)6-2-5-16/h1,3-4,11H,2,6-10H2. The zero-order valence-corrected chi connectivity index (χ0v) is 12.3. The number of nitrogens with zero attached hydrogens (tertiary/aromatic N) is 3. The first-order valence-corrected chi connectivity index (χ1v) is 7.14. The molecule has 2 rings (SSSR count). The van der Waals surface area contributed by atoms with Crippen molar-refractivity contribution < 1.29 is 4.79 Å². The number of hydrogen-bond acceptors (Lipinski definition) is 3. The Morgan fingerprint density at radius 3 is 2.68 bits per heavy atom. The number of halogens is 1. The smallest absolute Gasteiger partial charge is 0.253 e. The second-order valence-electron chi connectivity index (χ2n) is 4.55. The van der Waals surface area contributed by atoms with Crippen LogP contribution in [-0.4, -0.2) is 48.4 Å². The van der Waals surface area contributed by atoms with Gasteiger partial charge in [-0.2, -0.15) is 5.26 Å². The fraction of sp³-hybridized carbons (Fsp3) is 0.429. The van der Waals surface area contributed by atoms with E-state index in [0.717, 1.165) is 42.8 Å². The topological polar surface area (TPSA) is 47.3 Å². The molecule has 1 aliphatic rings. The maximum atomic E-state index is 12.3. The molecular formula is C14H16BrN3O. The van der Waals surface area contributed by atoms with Gasteiger partial charge >= 0.3 is 0 Å². The Morgan fingerprint density at radius 1 is 1.32 bits per heavy atom. The molecule has 1 saturated heterocycles. The summed E-state index contributed by atoms with van der Waals surface area (Å²) in [7, 11) is 0. The summed E-state index contributed by atoms with van der Waals surface area (Å²) in [5, 5.41) is 8.57. The minimum Gasteiger partial charge on any atom is -0.336 e. The van der Waals surface area contributed by atoms with E-state index < -0.39 is 0 Å². The van der Waals surface area contributed by atoms with Gasteiger partial charge in [0.15, 0.2) is 0 Å². The van der Waals surface area contributed by atoms with Gasteiger partial charge in [-0.25, -0.2) is 0 Å². The number of nitriles is 1. The number of piperazine rings is 1. The van der Waals surface area contributed by atoms with E-state index in [1.54, 1.807) is 0 Å². The summed E-state index contributed by atoms with van der Waals surface area (Å²) in [6, 6.07) is 9.64. The van der Waals surface area contributed by atoms with Gasteiger partial charge < -0.3 is 4.90 Å². The van der Waals surface area contributed by atoms with Crippen LogP contribution in [0.3, 0.4) is 0 Å². The summed E-state index contributed by atoms with van der Waals surface area (Å²) in [5.74, 6) is 0.0845. The number of hydrogen-bond donors (Lipinski definition) is 0. The van der Waals surface area contributed by atoms with E-state index in [0.29, 0.717) is 6.42 Å². The number of amides is 1. The van der Waals surface area contributed by atoms with E-state index in [2.05, 4.69) is 26.9 Å². The van der Waals surface area contributed by atoms with E-state index in [-0.39, 0.29) is 5.91 Å². The van der Waals surface area contributed by atoms with Crippen molar-refractivity contribution >= 4 is 21.8 Å². The second kappa shape index (κ2) is 6.69. The number of carbonyl (C=O) groups is 1. The Balaban J connectivity index is 1.91. The molecular weight excluding hydrogens is 306 g/mol. The minimum atomic E-state index is 0.0845. The Hall–Kier alpha value is -1.38. The molecule has 0 saturated carbocycles. The van der Waals surface area contributed by atoms with E-state index in [1.165, 1.54) is 0 Å². The van der Waals surface area contributed by atoms with Crippen molar-refractivity contribution in [2.24, 2.45) is 0 Å². The van der Waals surface area contributed by atoms with Crippen LogP contribution >= 0.6 is 15.9 Å². The lowest BCUT2D eigenvalue weighted by Gasteiger charge is -2.34. The molecule has 1 aromatic carbocycles. The molecule has 1 amide bonds. The highest BCUT2D eigenvalue weighted by molar-refractivity contribution is 9.10. The van der Waals surface area contributed by atoms with Crippen molar-refractivity contribution in [1.29, 1.82) is 5.26 Å². The molecule has 0 spiro atoms. The van der Waals surface area contributed by atoms with Crippen LogP contribution in [0, 0.1) is 11.3 Å². The minimum absolute atomic E-state index is 0.0845. The molecule has 0 radical (unpaired) electrons. The quantitative estimate of drug-likeness (QED) is 0.856. The lowest BCUT2D eigenvalue weighted by molar-refractivity contribution is 0.0639. The van der Waals surface area contributed by atoms with Gasteiger partial charge in [-0.15, -0.1) is 0 Å². The molecule has 0 aromatic heterocycles. The number of carbonyl (C=O) groups excluding carboxylic acids is 1. The molecule has 0 unspecified atom stereocenters. The van der Waals surface area contributed by atoms with Gasteiger partial charge in [0, 0.05) is 49.2 Å². The largest absolute Gasteiger partial charge is 0.336 e. The zero-order chi connectivity index (χ0) is 13.7. The maximum absolute atomic E-state index is 12.3. The van der Waals surface area contributed by atoms with Crippen LogP contribution in [0.5, 0.6) is 0 Å². The van der Waals surface area contributed by atoms with Crippen molar-refractivity contribution in [3.8, 4) is 6.07 Å². The Labute approximate surface area is 121 Å². The van der Waals surface area contributed by atoms with Gasteiger partial charge in [-0.05, 0) is 18.2 Å². The van der Waals surface area contributed by atoms with Gasteiger partial charge in [0.25, 0.3) is 5.91 Å². The third-order valence-corrected chi connectivity index (χ3v) is 3.76. The molecule has 4 nitrogen and oxygen atoms in total. The molecule has 1 aromatic rings. The van der Waals surface area contributed by atoms with E-state index in [4.69, 9.17) is 5.26 Å². The van der Waals surface area contributed by atoms with Crippen molar-refractivity contribution in [2.75, 3.05) is 32.7 Å². The lowest BCUT2D eigenvalue weighted by Crippen LogP contribution is -2.48. The van der Waals surface area contributed by atoms with E-state index >= 15 is 0 Å². The highest BCUT2D eigenvalue weighted by atomic mass is 79.9. The van der Waals surface area contributed by atoms with Crippen LogP contribution in [0.4, 0.5) is 0 Å². The Morgan fingerprint density at radius 2 is 2.05 bits per heavy atom. The normalized spacial score (nSPS) is 16.1. The molecule has 0 atom stereocenters. The molecule has 1 aliphatic heterocycles. The van der Waals surface area contributed by atoms with E-state index in [9.17, 15) is 4.79 Å². The summed E-state index contributed by atoms with van der Waals surface area (Å²) < 4.78 is 0.922. The zero-order valence-electron chi connectivity index (χ0n) is 10.7. The summed E-state index contributed by atoms with van der Waals surface area (Å²) in [5.41, 5.74) is 0.722. The van der Waals surface area contributed by atoms with Crippen LogP contribution in [0.25, 0.3) is 0 Å². The molecule has 0 N–H and O–H groups in total. The van der Waals surface area contributed by atoms with Crippen LogP contribution in [0.15, 0.2) is 28.7 Å². The van der Waals surface area contributed by atoms with Gasteiger partial charge in [-0.1, -0.05) is 22.0 Å². The third kappa shape index (κ3) is 3.79. The fourth-order valence-corrected chi connectivity index (χ4v) is 2.59. The summed E-state index contributed by atoms with van der Waals surface area (Å²) in [6.45, 7) is 3.96. The average Bonchev–Trinajstić information content (AvgIpc) is 2.45. The first-order chi connectivity index (χ1) is 9.20. The van der Waals surface area contributed by atoms with Crippen molar-refractivity contribution in [1.82, 2.24) is 9.80 Å². The van der Waals surface area contributed by atoms with Gasteiger partial charge in [0.05, 0.1) is 6.07 Å². The first kappa shape index (κ1) is 14.0. The number of rotatable bonds is 3. The predicted octanol–water partition coefficient (Wildman–Crippen LogP) is 2.12. The fourth-order valence-electron chi connectivity index (χ4n) is 2.19. The Kier molecular flexibility index (Phi) is 4.94. The van der Waals surface area contributed by atoms with Crippen molar-refractivity contribution in [2.45, 2.75) is 6.42 Å². The molecule has 5 heteroatoms. The highest BCUT2D eigenvalue weighted by Gasteiger charge is 2.21. The monoisotopic (exact) mass is 321 g/mol. The van der Waals surface area contributed by atoms with Crippen LogP contribution in [-0.2, 0) is 0 Å². The molecule has 1 fully saturated rings. The molecule has 100 valence electrons. The highest BCUT2D eigenvalue weighted by Crippen LogP contribution is 2.14. The summed E-state index contributed by atoms with van der Waals surface area (Å²) in [6.07, 6.45) is 0.555. The second-order valence-corrected chi connectivity index (χ2v) is 5.47. The maximum Gasteiger partial charge on any atom is 0.253 e. The first-order valence-electron chi connectivity index (χ1n) is 6.35. The predicted molar refractivity (Wildman–Crippen MR) is 76.7 cm³/mol. The van der Waals surface area contributed by atoms with Gasteiger partial charge in [0.1, 0.15) is 0 Å². The van der Waals surface area contributed by atoms with Crippen LogP contribution in [0.1, 0.15) is 16.8 Å². The van der Waals surface area contributed by atoms with Crippen LogP contribution in [0.2, 0.25) is 0 Å². The molecule has 1 heterocycles. The van der Waals surface area contributed by atoms with E-state index in [1.807, 2.05) is 29.2 Å². The Bertz CT molecular complexity index is 490.